The van der Waals surface area contributed by atoms with Crippen LogP contribution < -0.4 is 0 Å². The number of hydrogen-bond acceptors (Lipinski definition) is 4. The molecule has 0 fully saturated rings. The van der Waals surface area contributed by atoms with E-state index in [2.05, 4.69) is 20.5 Å². The third-order valence-electron chi connectivity index (χ3n) is 0.644. The Morgan fingerprint density at radius 3 is 2.60 bits per heavy atom. The Hall–Kier alpha value is 0.360. The van der Waals surface area contributed by atoms with Crippen LogP contribution in [-0.2, 0) is 13.2 Å². The van der Waals surface area contributed by atoms with Crippen LogP contribution in [0.15, 0.2) is 0 Å². The van der Waals surface area contributed by atoms with Gasteiger partial charge in [-0.1, -0.05) is 0 Å². The van der Waals surface area contributed by atoms with Crippen molar-refractivity contribution in [1.82, 2.24) is 0 Å². The smallest absolute Gasteiger partial charge is 0.396 e. The summed E-state index contributed by atoms with van der Waals surface area (Å²) >= 11 is 4.57. The van der Waals surface area contributed by atoms with Crippen LogP contribution in [0.1, 0.15) is 6.42 Å². The van der Waals surface area contributed by atoms with E-state index in [9.17, 15) is 4.57 Å². The summed E-state index contributed by atoms with van der Waals surface area (Å²) in [6.07, 6.45) is 0.269. The highest BCUT2D eigenvalue weighted by Crippen LogP contribution is 2.44. The van der Waals surface area contributed by atoms with Gasteiger partial charge >= 0.3 is 7.82 Å². The van der Waals surface area contributed by atoms with Crippen molar-refractivity contribution in [2.75, 3.05) is 13.2 Å². The molecular weight excluding hydrogens is 182 g/mol. The Kier molecular flexibility index (Phi) is 5.25. The monoisotopic (exact) mass is 190 g/mol. The minimum absolute atomic E-state index is 0.0585. The second-order valence-corrected chi connectivity index (χ2v) is 3.20. The maximum atomic E-state index is 10.4. The topological polar surface area (TPSA) is 76.0 Å². The molecule has 62 valence electrons. The van der Waals surface area contributed by atoms with E-state index in [1.165, 1.54) is 0 Å². The van der Waals surface area contributed by atoms with Gasteiger partial charge in [-0.2, -0.15) is 4.08 Å². The first-order valence-corrected chi connectivity index (χ1v) is 4.31. The van der Waals surface area contributed by atoms with Crippen molar-refractivity contribution in [1.29, 1.82) is 0 Å². The molecule has 2 N–H and O–H groups in total. The Morgan fingerprint density at radius 2 is 2.20 bits per heavy atom. The van der Waals surface area contributed by atoms with Crippen molar-refractivity contribution in [3.05, 3.63) is 0 Å². The quantitative estimate of drug-likeness (QED) is 0.492. The molecule has 0 bridgehead atoms. The Morgan fingerprint density at radius 1 is 1.60 bits per heavy atom. The van der Waals surface area contributed by atoms with Crippen LogP contribution in [0.2, 0.25) is 0 Å². The number of halogens is 1. The van der Waals surface area contributed by atoms with Gasteiger partial charge in [0.05, 0.1) is 18.5 Å². The molecule has 0 aliphatic carbocycles. The third kappa shape index (κ3) is 5.17. The molecule has 0 heterocycles. The molecule has 10 heavy (non-hydrogen) atoms. The molecule has 0 saturated carbocycles. The molecule has 0 rings (SSSR count). The van der Waals surface area contributed by atoms with E-state index in [-0.39, 0.29) is 19.6 Å². The van der Waals surface area contributed by atoms with E-state index in [0.29, 0.717) is 0 Å². The number of aliphatic hydroxyl groups excluding tert-OH is 1. The van der Waals surface area contributed by atoms with Crippen LogP contribution in [0, 0.1) is 0 Å². The first-order chi connectivity index (χ1) is 4.62. The van der Waals surface area contributed by atoms with Crippen molar-refractivity contribution >= 4 is 19.7 Å². The summed E-state index contributed by atoms with van der Waals surface area (Å²) in [7, 11) is -4.05. The van der Waals surface area contributed by atoms with E-state index in [1.807, 2.05) is 0 Å². The van der Waals surface area contributed by atoms with Gasteiger partial charge in [-0.05, 0) is 6.42 Å². The van der Waals surface area contributed by atoms with Crippen LogP contribution >= 0.6 is 19.7 Å². The fraction of sp³-hybridized carbons (Fsp3) is 1.00. The molecular formula is C3H8ClO5P. The molecule has 1 unspecified atom stereocenters. The zero-order chi connectivity index (χ0) is 8.04. The van der Waals surface area contributed by atoms with Gasteiger partial charge in [-0.25, -0.2) is 4.57 Å². The van der Waals surface area contributed by atoms with Crippen molar-refractivity contribution in [2.24, 2.45) is 0 Å². The predicted molar refractivity (Wildman–Crippen MR) is 34.4 cm³/mol. The van der Waals surface area contributed by atoms with E-state index < -0.39 is 7.82 Å². The lowest BCUT2D eigenvalue weighted by molar-refractivity contribution is 0.184. The molecule has 5 nitrogen and oxygen atoms in total. The van der Waals surface area contributed by atoms with Crippen molar-refractivity contribution in [3.8, 4) is 0 Å². The molecule has 0 aliphatic heterocycles. The fourth-order valence-electron chi connectivity index (χ4n) is 0.264. The van der Waals surface area contributed by atoms with Gasteiger partial charge in [-0.15, -0.1) is 0 Å². The maximum Gasteiger partial charge on any atom is 0.488 e. The van der Waals surface area contributed by atoms with Crippen molar-refractivity contribution < 1.29 is 23.2 Å². The highest BCUT2D eigenvalue weighted by molar-refractivity contribution is 7.48. The highest BCUT2D eigenvalue weighted by Gasteiger charge is 2.19. The molecule has 1 atom stereocenters. The van der Waals surface area contributed by atoms with Crippen LogP contribution in [-0.4, -0.2) is 23.2 Å². The molecule has 0 radical (unpaired) electrons. The molecule has 0 saturated heterocycles. The van der Waals surface area contributed by atoms with Gasteiger partial charge in [0.25, 0.3) is 0 Å². The molecule has 0 spiro atoms. The number of hydrogen-bond donors (Lipinski definition) is 2. The maximum absolute atomic E-state index is 10.4. The summed E-state index contributed by atoms with van der Waals surface area (Å²) in [6, 6.07) is 0. The van der Waals surface area contributed by atoms with Crippen molar-refractivity contribution in [2.45, 2.75) is 6.42 Å². The van der Waals surface area contributed by atoms with Crippen LogP contribution in [0.25, 0.3) is 0 Å². The number of aliphatic hydroxyl groups is 1. The average Bonchev–Trinajstić information content (AvgIpc) is 1.89. The lowest BCUT2D eigenvalue weighted by Gasteiger charge is -2.04. The minimum atomic E-state index is -4.05. The predicted octanol–water partition coefficient (Wildman–Crippen LogP) is 0.656. The van der Waals surface area contributed by atoms with E-state index in [1.54, 1.807) is 0 Å². The average molecular weight is 191 g/mol. The standard InChI is InChI=1S/C3H8ClO5P/c4-9-10(6,7)8-3-1-2-5/h5H,1-3H2,(H,6,7). The Labute approximate surface area is 63.3 Å². The Bertz CT molecular complexity index is 128. The van der Waals surface area contributed by atoms with E-state index in [4.69, 9.17) is 10.00 Å². The second-order valence-electron chi connectivity index (χ2n) is 1.45. The summed E-state index contributed by atoms with van der Waals surface area (Å²) in [5, 5.41) is 8.21. The number of phosphoric ester groups is 1. The summed E-state index contributed by atoms with van der Waals surface area (Å²) in [6.45, 7) is -0.167. The summed E-state index contributed by atoms with van der Waals surface area (Å²) in [5.41, 5.74) is 0. The molecule has 7 heteroatoms. The first-order valence-electron chi connectivity index (χ1n) is 2.51. The minimum Gasteiger partial charge on any atom is -0.396 e. The highest BCUT2D eigenvalue weighted by atomic mass is 35.5. The fourth-order valence-corrected chi connectivity index (χ4v) is 0.784. The lowest BCUT2D eigenvalue weighted by Crippen LogP contribution is -1.95. The largest absolute Gasteiger partial charge is 0.488 e. The second kappa shape index (κ2) is 5.07. The molecule has 0 aromatic heterocycles. The zero-order valence-corrected chi connectivity index (χ0v) is 6.72. The van der Waals surface area contributed by atoms with Gasteiger partial charge in [0.2, 0.25) is 0 Å². The van der Waals surface area contributed by atoms with Gasteiger partial charge in [0, 0.05) is 6.61 Å². The van der Waals surface area contributed by atoms with E-state index >= 15 is 0 Å². The number of rotatable bonds is 5. The molecule has 0 amide bonds. The van der Waals surface area contributed by atoms with Gasteiger partial charge in [0.1, 0.15) is 0 Å². The van der Waals surface area contributed by atoms with Crippen molar-refractivity contribution in [3.63, 3.8) is 0 Å². The zero-order valence-electron chi connectivity index (χ0n) is 5.07. The SMILES string of the molecule is O=P(O)(OCl)OCCCO. The van der Waals surface area contributed by atoms with Gasteiger partial charge in [0.15, 0.2) is 0 Å². The molecule has 0 aromatic rings. The molecule has 0 aliphatic rings. The van der Waals surface area contributed by atoms with Gasteiger partial charge < -0.3 is 10.00 Å². The van der Waals surface area contributed by atoms with Gasteiger partial charge in [-0.3, -0.25) is 4.52 Å². The van der Waals surface area contributed by atoms with E-state index in [0.717, 1.165) is 0 Å². The third-order valence-corrected chi connectivity index (χ3v) is 1.85. The summed E-state index contributed by atoms with van der Waals surface area (Å²) < 4.78 is 18.1. The first kappa shape index (κ1) is 10.4. The van der Waals surface area contributed by atoms with Crippen LogP contribution in [0.3, 0.4) is 0 Å². The Balaban J connectivity index is 3.38. The molecule has 0 aromatic carbocycles. The lowest BCUT2D eigenvalue weighted by atomic mass is 10.5. The summed E-state index contributed by atoms with van der Waals surface area (Å²) in [5.74, 6) is 0. The van der Waals surface area contributed by atoms with Crippen LogP contribution in [0.5, 0.6) is 0 Å². The van der Waals surface area contributed by atoms with Crippen LogP contribution in [0.4, 0.5) is 0 Å². The summed E-state index contributed by atoms with van der Waals surface area (Å²) in [4.78, 5) is 8.45. The normalized spacial score (nSPS) is 16.7. The number of phosphoric acid groups is 1.